The second-order valence-electron chi connectivity index (χ2n) is 7.42. The number of ether oxygens (including phenoxy) is 1. The Morgan fingerprint density at radius 3 is 2.50 bits per heavy atom. The SMILES string of the molecule is CC(NC(=O)CC1CC2CCC(C1)N2)C(C)N1CCOCC1. The third-order valence-electron chi connectivity index (χ3n) is 5.78. The second kappa shape index (κ2) is 7.28. The van der Waals surface area contributed by atoms with Gasteiger partial charge in [-0.15, -0.1) is 0 Å². The molecule has 5 heteroatoms. The number of amides is 1. The molecule has 0 aromatic rings. The van der Waals surface area contributed by atoms with Crippen molar-refractivity contribution in [3.05, 3.63) is 0 Å². The third kappa shape index (κ3) is 4.00. The van der Waals surface area contributed by atoms with E-state index in [1.165, 1.54) is 25.7 Å². The molecule has 0 saturated carbocycles. The van der Waals surface area contributed by atoms with Gasteiger partial charge in [0.25, 0.3) is 0 Å². The maximum Gasteiger partial charge on any atom is 0.220 e. The van der Waals surface area contributed by atoms with Crippen LogP contribution in [0.25, 0.3) is 0 Å². The van der Waals surface area contributed by atoms with E-state index < -0.39 is 0 Å². The van der Waals surface area contributed by atoms with Gasteiger partial charge in [-0.3, -0.25) is 9.69 Å². The Labute approximate surface area is 134 Å². The predicted octanol–water partition coefficient (Wildman–Crippen LogP) is 1.13. The first-order valence-corrected chi connectivity index (χ1v) is 8.99. The zero-order valence-corrected chi connectivity index (χ0v) is 14.0. The van der Waals surface area contributed by atoms with Crippen LogP contribution < -0.4 is 10.6 Å². The van der Waals surface area contributed by atoms with E-state index in [0.29, 0.717) is 30.5 Å². The van der Waals surface area contributed by atoms with Gasteiger partial charge in [0.1, 0.15) is 0 Å². The highest BCUT2D eigenvalue weighted by Crippen LogP contribution is 2.32. The van der Waals surface area contributed by atoms with Crippen LogP contribution in [0.4, 0.5) is 0 Å². The summed E-state index contributed by atoms with van der Waals surface area (Å²) in [5, 5.41) is 6.88. The Bertz CT molecular complexity index is 372. The lowest BCUT2D eigenvalue weighted by molar-refractivity contribution is -0.123. The molecule has 2 bridgehead atoms. The summed E-state index contributed by atoms with van der Waals surface area (Å²) >= 11 is 0. The number of piperidine rings is 1. The molecule has 0 aliphatic carbocycles. The summed E-state index contributed by atoms with van der Waals surface area (Å²) in [6, 6.07) is 1.91. The molecule has 3 aliphatic rings. The number of carbonyl (C=O) groups is 1. The summed E-state index contributed by atoms with van der Waals surface area (Å²) in [6.07, 6.45) is 5.66. The van der Waals surface area contributed by atoms with Crippen molar-refractivity contribution in [2.45, 2.75) is 70.1 Å². The minimum Gasteiger partial charge on any atom is -0.379 e. The molecule has 1 amide bonds. The largest absolute Gasteiger partial charge is 0.379 e. The Morgan fingerprint density at radius 1 is 1.23 bits per heavy atom. The molecule has 2 N–H and O–H groups in total. The number of morpholine rings is 1. The first-order chi connectivity index (χ1) is 10.6. The van der Waals surface area contributed by atoms with Crippen LogP contribution in [0.1, 0.15) is 46.0 Å². The van der Waals surface area contributed by atoms with E-state index in [0.717, 1.165) is 26.3 Å². The standard InChI is InChI=1S/C17H31N3O2/c1-12(13(2)20-5-7-22-8-6-20)18-17(21)11-14-9-15-3-4-16(10-14)19-15/h12-16,19H,3-11H2,1-2H3,(H,18,21). The van der Waals surface area contributed by atoms with Crippen molar-refractivity contribution >= 4 is 5.91 Å². The van der Waals surface area contributed by atoms with Crippen LogP contribution in [0.3, 0.4) is 0 Å². The van der Waals surface area contributed by atoms with Gasteiger partial charge in [0.15, 0.2) is 0 Å². The lowest BCUT2D eigenvalue weighted by Gasteiger charge is -2.36. The van der Waals surface area contributed by atoms with Crippen molar-refractivity contribution in [3.63, 3.8) is 0 Å². The minimum atomic E-state index is 0.198. The van der Waals surface area contributed by atoms with Crippen LogP contribution in [-0.2, 0) is 9.53 Å². The Kier molecular flexibility index (Phi) is 5.37. The molecule has 3 rings (SSSR count). The van der Waals surface area contributed by atoms with Gasteiger partial charge in [0.2, 0.25) is 5.91 Å². The molecule has 3 heterocycles. The number of nitrogens with zero attached hydrogens (tertiary/aromatic N) is 1. The fourth-order valence-electron chi connectivity index (χ4n) is 4.34. The lowest BCUT2D eigenvalue weighted by Crippen LogP contribution is -2.52. The monoisotopic (exact) mass is 309 g/mol. The summed E-state index contributed by atoms with van der Waals surface area (Å²) < 4.78 is 5.40. The average molecular weight is 309 g/mol. The molecule has 3 fully saturated rings. The van der Waals surface area contributed by atoms with E-state index in [1.54, 1.807) is 0 Å². The van der Waals surface area contributed by atoms with Crippen molar-refractivity contribution in [2.24, 2.45) is 5.92 Å². The van der Waals surface area contributed by atoms with Gasteiger partial charge in [-0.1, -0.05) is 0 Å². The minimum absolute atomic E-state index is 0.198. The number of hydrogen-bond acceptors (Lipinski definition) is 4. The number of rotatable bonds is 5. The van der Waals surface area contributed by atoms with Crippen molar-refractivity contribution in [2.75, 3.05) is 26.3 Å². The fourth-order valence-corrected chi connectivity index (χ4v) is 4.34. The topological polar surface area (TPSA) is 53.6 Å². The van der Waals surface area contributed by atoms with Crippen LogP contribution in [0.5, 0.6) is 0 Å². The maximum atomic E-state index is 12.4. The zero-order chi connectivity index (χ0) is 15.5. The summed E-state index contributed by atoms with van der Waals surface area (Å²) in [5.74, 6) is 0.809. The van der Waals surface area contributed by atoms with Crippen LogP contribution in [-0.4, -0.2) is 61.3 Å². The van der Waals surface area contributed by atoms with E-state index in [9.17, 15) is 4.79 Å². The van der Waals surface area contributed by atoms with Crippen molar-refractivity contribution in [1.82, 2.24) is 15.5 Å². The molecule has 126 valence electrons. The van der Waals surface area contributed by atoms with Gasteiger partial charge in [0.05, 0.1) is 13.2 Å². The fraction of sp³-hybridized carbons (Fsp3) is 0.941. The van der Waals surface area contributed by atoms with E-state index in [2.05, 4.69) is 29.4 Å². The zero-order valence-electron chi connectivity index (χ0n) is 14.0. The summed E-state index contributed by atoms with van der Waals surface area (Å²) in [4.78, 5) is 14.8. The van der Waals surface area contributed by atoms with Crippen molar-refractivity contribution in [1.29, 1.82) is 0 Å². The molecular weight excluding hydrogens is 278 g/mol. The first-order valence-electron chi connectivity index (χ1n) is 8.99. The van der Waals surface area contributed by atoms with Gasteiger partial charge in [-0.25, -0.2) is 0 Å². The molecule has 3 saturated heterocycles. The van der Waals surface area contributed by atoms with Crippen molar-refractivity contribution in [3.8, 4) is 0 Å². The average Bonchev–Trinajstić information content (AvgIpc) is 2.86. The molecule has 5 nitrogen and oxygen atoms in total. The normalized spacial score (nSPS) is 35.1. The van der Waals surface area contributed by atoms with Crippen LogP contribution in [0.15, 0.2) is 0 Å². The Morgan fingerprint density at radius 2 is 1.86 bits per heavy atom. The van der Waals surface area contributed by atoms with Gasteiger partial charge in [0, 0.05) is 43.7 Å². The number of nitrogens with one attached hydrogen (secondary N) is 2. The Balaban J connectivity index is 1.42. The summed E-state index contributed by atoms with van der Waals surface area (Å²) in [5.41, 5.74) is 0. The molecule has 22 heavy (non-hydrogen) atoms. The molecule has 4 atom stereocenters. The first kappa shape index (κ1) is 16.2. The Hall–Kier alpha value is -0.650. The molecule has 4 unspecified atom stereocenters. The van der Waals surface area contributed by atoms with E-state index >= 15 is 0 Å². The second-order valence-corrected chi connectivity index (χ2v) is 7.42. The van der Waals surface area contributed by atoms with Gasteiger partial charge >= 0.3 is 0 Å². The summed E-state index contributed by atoms with van der Waals surface area (Å²) in [6.45, 7) is 7.90. The highest BCUT2D eigenvalue weighted by molar-refractivity contribution is 5.76. The highest BCUT2D eigenvalue weighted by Gasteiger charge is 2.34. The van der Waals surface area contributed by atoms with E-state index in [4.69, 9.17) is 4.74 Å². The van der Waals surface area contributed by atoms with E-state index in [1.807, 2.05) is 0 Å². The molecule has 0 radical (unpaired) electrons. The maximum absolute atomic E-state index is 12.4. The van der Waals surface area contributed by atoms with Gasteiger partial charge in [-0.2, -0.15) is 0 Å². The van der Waals surface area contributed by atoms with Crippen LogP contribution in [0.2, 0.25) is 0 Å². The smallest absolute Gasteiger partial charge is 0.220 e. The summed E-state index contributed by atoms with van der Waals surface area (Å²) in [7, 11) is 0. The van der Waals surface area contributed by atoms with Crippen LogP contribution in [0, 0.1) is 5.92 Å². The van der Waals surface area contributed by atoms with E-state index in [-0.39, 0.29) is 11.9 Å². The number of fused-ring (bicyclic) bond motifs is 2. The predicted molar refractivity (Wildman–Crippen MR) is 86.7 cm³/mol. The quantitative estimate of drug-likeness (QED) is 0.799. The van der Waals surface area contributed by atoms with Gasteiger partial charge < -0.3 is 15.4 Å². The number of hydrogen-bond donors (Lipinski definition) is 2. The molecule has 3 aliphatic heterocycles. The lowest BCUT2D eigenvalue weighted by atomic mass is 9.89. The number of carbonyl (C=O) groups excluding carboxylic acids is 1. The molecule has 0 spiro atoms. The molecule has 0 aromatic heterocycles. The van der Waals surface area contributed by atoms with Gasteiger partial charge in [-0.05, 0) is 45.4 Å². The third-order valence-corrected chi connectivity index (χ3v) is 5.78. The molecule has 0 aromatic carbocycles. The molecular formula is C17H31N3O2. The highest BCUT2D eigenvalue weighted by atomic mass is 16.5. The van der Waals surface area contributed by atoms with Crippen molar-refractivity contribution < 1.29 is 9.53 Å². The van der Waals surface area contributed by atoms with Crippen LogP contribution >= 0.6 is 0 Å².